The number of carbonyl (C=O) groups is 1. The second kappa shape index (κ2) is 7.87. The Hall–Kier alpha value is -2.10. The highest BCUT2D eigenvalue weighted by Gasteiger charge is 2.30. The molecule has 3 heterocycles. The summed E-state index contributed by atoms with van der Waals surface area (Å²) < 4.78 is 25.0. The molecule has 1 amide bonds. The minimum atomic E-state index is -2.91. The molecule has 1 aromatic rings. The van der Waals surface area contributed by atoms with Gasteiger partial charge in [0.25, 0.3) is 0 Å². The Bertz CT molecular complexity index is 816. The van der Waals surface area contributed by atoms with Crippen molar-refractivity contribution < 1.29 is 13.2 Å². The monoisotopic (exact) mass is 396 g/mol. The van der Waals surface area contributed by atoms with Crippen molar-refractivity contribution >= 4 is 27.4 Å². The van der Waals surface area contributed by atoms with Crippen molar-refractivity contribution in [3.8, 4) is 0 Å². The van der Waals surface area contributed by atoms with E-state index in [4.69, 9.17) is 0 Å². The minimum Gasteiger partial charge on any atom is -0.354 e. The highest BCUT2D eigenvalue weighted by atomic mass is 32.2. The molecule has 3 rings (SSSR count). The first-order chi connectivity index (χ1) is 12.7. The van der Waals surface area contributed by atoms with E-state index >= 15 is 0 Å². The third-order valence-corrected chi connectivity index (χ3v) is 6.60. The molecule has 1 aromatic heterocycles. The van der Waals surface area contributed by atoms with E-state index < -0.39 is 9.84 Å². The van der Waals surface area contributed by atoms with Gasteiger partial charge >= 0.3 is 0 Å². The van der Waals surface area contributed by atoms with Crippen molar-refractivity contribution in [3.63, 3.8) is 0 Å². The van der Waals surface area contributed by atoms with Crippen molar-refractivity contribution in [1.82, 2.24) is 20.0 Å². The van der Waals surface area contributed by atoms with Crippen LogP contribution in [0.3, 0.4) is 0 Å². The molecule has 0 radical (unpaired) electrons. The highest BCUT2D eigenvalue weighted by Crippen LogP contribution is 2.19. The van der Waals surface area contributed by atoms with Gasteiger partial charge in [0.2, 0.25) is 5.91 Å². The average Bonchev–Trinajstić information content (AvgIpc) is 3.16. The summed E-state index contributed by atoms with van der Waals surface area (Å²) in [5.41, 5.74) is 0.800. The third kappa shape index (κ3) is 5.00. The molecule has 0 bridgehead atoms. The number of sulfone groups is 1. The summed E-state index contributed by atoms with van der Waals surface area (Å²) in [5, 5.41) is 7.44. The van der Waals surface area contributed by atoms with Crippen LogP contribution in [0.5, 0.6) is 0 Å². The summed E-state index contributed by atoms with van der Waals surface area (Å²) in [5.74, 6) is 1.19. The van der Waals surface area contributed by atoms with Gasteiger partial charge in [-0.3, -0.25) is 14.5 Å². The standard InChI is InChI=1S/C17H28N6O3S/c1-13(2)20-17(18-8-14-4-7-27(25,26)12-14)22-5-6-23(16(24)11-22)15-9-19-21(3)10-15/h9-10,13-14H,4-8,11-12H2,1-3H3,(H,18,20). The zero-order valence-electron chi connectivity index (χ0n) is 16.1. The van der Waals surface area contributed by atoms with Crippen LogP contribution in [0.15, 0.2) is 17.4 Å². The van der Waals surface area contributed by atoms with Gasteiger partial charge < -0.3 is 15.1 Å². The first-order valence-corrected chi connectivity index (χ1v) is 11.1. The Morgan fingerprint density at radius 3 is 2.74 bits per heavy atom. The normalized spacial score (nSPS) is 23.3. The van der Waals surface area contributed by atoms with Crippen molar-refractivity contribution in [2.75, 3.05) is 42.6 Å². The topological polar surface area (TPSA) is 99.9 Å². The van der Waals surface area contributed by atoms with Crippen molar-refractivity contribution in [3.05, 3.63) is 12.4 Å². The summed E-state index contributed by atoms with van der Waals surface area (Å²) >= 11 is 0. The fourth-order valence-electron chi connectivity index (χ4n) is 3.40. The fourth-order valence-corrected chi connectivity index (χ4v) is 5.25. The number of aryl methyl sites for hydroxylation is 1. The molecule has 27 heavy (non-hydrogen) atoms. The number of nitrogens with one attached hydrogen (secondary N) is 1. The molecule has 9 nitrogen and oxygen atoms in total. The second-order valence-electron chi connectivity index (χ2n) is 7.57. The third-order valence-electron chi connectivity index (χ3n) is 4.77. The number of hydrogen-bond donors (Lipinski definition) is 1. The molecule has 1 atom stereocenters. The lowest BCUT2D eigenvalue weighted by atomic mass is 10.1. The van der Waals surface area contributed by atoms with Crippen LogP contribution in [-0.4, -0.2) is 78.7 Å². The molecule has 2 aliphatic rings. The van der Waals surface area contributed by atoms with Gasteiger partial charge in [0, 0.05) is 38.9 Å². The van der Waals surface area contributed by atoms with Gasteiger partial charge in [-0.2, -0.15) is 5.10 Å². The number of hydrogen-bond acceptors (Lipinski definition) is 5. The Labute approximate surface area is 160 Å². The maximum Gasteiger partial charge on any atom is 0.246 e. The SMILES string of the molecule is CC(C)NC(=NCC1CCS(=O)(=O)C1)N1CCN(c2cnn(C)c2)C(=O)C1. The summed E-state index contributed by atoms with van der Waals surface area (Å²) in [6, 6.07) is 0.169. The maximum absolute atomic E-state index is 12.6. The first kappa shape index (κ1) is 19.7. The molecule has 0 aromatic carbocycles. The van der Waals surface area contributed by atoms with Gasteiger partial charge in [0.15, 0.2) is 15.8 Å². The summed E-state index contributed by atoms with van der Waals surface area (Å²) in [6.45, 7) is 5.94. The van der Waals surface area contributed by atoms with Gasteiger partial charge in [-0.1, -0.05) is 0 Å². The molecule has 150 valence electrons. The molecule has 2 saturated heterocycles. The summed E-state index contributed by atoms with van der Waals surface area (Å²) in [7, 11) is -1.08. The molecular weight excluding hydrogens is 368 g/mol. The lowest BCUT2D eigenvalue weighted by Gasteiger charge is -2.36. The van der Waals surface area contributed by atoms with E-state index in [1.165, 1.54) is 0 Å². The molecule has 0 saturated carbocycles. The van der Waals surface area contributed by atoms with Crippen LogP contribution in [0.4, 0.5) is 5.69 Å². The Kier molecular flexibility index (Phi) is 5.73. The number of aromatic nitrogens is 2. The number of aliphatic imine (C=N–C) groups is 1. The van der Waals surface area contributed by atoms with Gasteiger partial charge in [0.1, 0.15) is 6.54 Å². The van der Waals surface area contributed by atoms with Gasteiger partial charge in [-0.05, 0) is 26.2 Å². The smallest absolute Gasteiger partial charge is 0.246 e. The van der Waals surface area contributed by atoms with E-state index in [0.717, 1.165) is 5.69 Å². The Balaban J connectivity index is 1.67. The number of nitrogens with zero attached hydrogens (tertiary/aromatic N) is 5. The van der Waals surface area contributed by atoms with Crippen LogP contribution in [-0.2, 0) is 21.7 Å². The minimum absolute atomic E-state index is 0.00375. The van der Waals surface area contributed by atoms with Crippen molar-refractivity contribution in [2.45, 2.75) is 26.3 Å². The number of piperazine rings is 1. The molecule has 1 N–H and O–H groups in total. The highest BCUT2D eigenvalue weighted by molar-refractivity contribution is 7.91. The molecular formula is C17H28N6O3S. The van der Waals surface area contributed by atoms with Gasteiger partial charge in [-0.15, -0.1) is 0 Å². The molecule has 10 heteroatoms. The van der Waals surface area contributed by atoms with Crippen LogP contribution in [0, 0.1) is 5.92 Å². The van der Waals surface area contributed by atoms with E-state index in [-0.39, 0.29) is 35.9 Å². The molecule has 1 unspecified atom stereocenters. The van der Waals surface area contributed by atoms with Crippen molar-refractivity contribution in [2.24, 2.45) is 18.0 Å². The van der Waals surface area contributed by atoms with E-state index in [1.807, 2.05) is 32.0 Å². The van der Waals surface area contributed by atoms with E-state index in [9.17, 15) is 13.2 Å². The van der Waals surface area contributed by atoms with E-state index in [2.05, 4.69) is 15.4 Å². The number of guanidine groups is 1. The predicted molar refractivity (Wildman–Crippen MR) is 104 cm³/mol. The molecule has 2 aliphatic heterocycles. The maximum atomic E-state index is 12.6. The summed E-state index contributed by atoms with van der Waals surface area (Å²) in [4.78, 5) is 21.0. The average molecular weight is 397 g/mol. The van der Waals surface area contributed by atoms with Crippen LogP contribution in [0.25, 0.3) is 0 Å². The second-order valence-corrected chi connectivity index (χ2v) is 9.80. The van der Waals surface area contributed by atoms with Crippen molar-refractivity contribution in [1.29, 1.82) is 0 Å². The van der Waals surface area contributed by atoms with Gasteiger partial charge in [-0.25, -0.2) is 8.42 Å². The number of rotatable bonds is 4. The van der Waals surface area contributed by atoms with E-state index in [1.54, 1.807) is 15.8 Å². The molecule has 0 spiro atoms. The van der Waals surface area contributed by atoms with Gasteiger partial charge in [0.05, 0.1) is 23.4 Å². The fraction of sp³-hybridized carbons (Fsp3) is 0.706. The number of amides is 1. The first-order valence-electron chi connectivity index (χ1n) is 9.29. The Morgan fingerprint density at radius 2 is 2.19 bits per heavy atom. The molecule has 2 fully saturated rings. The van der Waals surface area contributed by atoms with E-state index in [0.29, 0.717) is 32.0 Å². The van der Waals surface area contributed by atoms with Crippen LogP contribution in [0.1, 0.15) is 20.3 Å². The molecule has 0 aliphatic carbocycles. The number of anilines is 1. The van der Waals surface area contributed by atoms with Crippen LogP contribution in [0.2, 0.25) is 0 Å². The zero-order chi connectivity index (χ0) is 19.6. The van der Waals surface area contributed by atoms with Crippen LogP contribution < -0.4 is 10.2 Å². The summed E-state index contributed by atoms with van der Waals surface area (Å²) in [6.07, 6.45) is 4.18. The zero-order valence-corrected chi connectivity index (χ0v) is 16.9. The van der Waals surface area contributed by atoms with Crippen LogP contribution >= 0.6 is 0 Å². The lowest BCUT2D eigenvalue weighted by molar-refractivity contribution is -0.120. The number of carbonyl (C=O) groups excluding carboxylic acids is 1. The lowest BCUT2D eigenvalue weighted by Crippen LogP contribution is -2.56. The predicted octanol–water partition coefficient (Wildman–Crippen LogP) is -0.143. The largest absolute Gasteiger partial charge is 0.354 e. The Morgan fingerprint density at radius 1 is 1.41 bits per heavy atom. The quantitative estimate of drug-likeness (QED) is 0.562.